The van der Waals surface area contributed by atoms with Gasteiger partial charge in [0.2, 0.25) is 5.91 Å². The fourth-order valence-corrected chi connectivity index (χ4v) is 1.49. The van der Waals surface area contributed by atoms with Gasteiger partial charge in [0.25, 0.3) is 0 Å². The number of thiocarbonyl (C=S) groups is 1. The van der Waals surface area contributed by atoms with Crippen molar-refractivity contribution in [3.8, 4) is 6.07 Å². The number of para-hydroxylation sites is 1. The Kier molecular flexibility index (Phi) is 4.61. The zero-order valence-corrected chi connectivity index (χ0v) is 10.5. The lowest BCUT2D eigenvalue weighted by Gasteiger charge is -2.16. The van der Waals surface area contributed by atoms with Crippen LogP contribution in [0.3, 0.4) is 0 Å². The van der Waals surface area contributed by atoms with Crippen molar-refractivity contribution in [1.82, 2.24) is 4.90 Å². The minimum atomic E-state index is -0.944. The molecular formula is C12H13N3OS. The van der Waals surface area contributed by atoms with Gasteiger partial charge in [0.05, 0.1) is 6.07 Å². The third-order valence-corrected chi connectivity index (χ3v) is 2.46. The number of hydrogen-bond acceptors (Lipinski definition) is 3. The molecule has 0 radical (unpaired) electrons. The van der Waals surface area contributed by atoms with Crippen LogP contribution in [0, 0.1) is 17.2 Å². The minimum Gasteiger partial charge on any atom is -0.348 e. The van der Waals surface area contributed by atoms with Gasteiger partial charge in [-0.05, 0) is 12.1 Å². The van der Waals surface area contributed by atoms with Gasteiger partial charge in [0.15, 0.2) is 5.92 Å². The first kappa shape index (κ1) is 13.1. The van der Waals surface area contributed by atoms with Gasteiger partial charge < -0.3 is 10.2 Å². The van der Waals surface area contributed by atoms with Crippen LogP contribution >= 0.6 is 12.2 Å². The molecule has 1 atom stereocenters. The van der Waals surface area contributed by atoms with Gasteiger partial charge in [-0.15, -0.1) is 0 Å². The van der Waals surface area contributed by atoms with Gasteiger partial charge in [-0.1, -0.05) is 30.4 Å². The number of benzene rings is 1. The molecule has 0 aliphatic heterocycles. The first-order chi connectivity index (χ1) is 8.06. The van der Waals surface area contributed by atoms with E-state index < -0.39 is 5.92 Å². The number of nitrogens with zero attached hydrogens (tertiary/aromatic N) is 2. The summed E-state index contributed by atoms with van der Waals surface area (Å²) in [5, 5.41) is 11.9. The van der Waals surface area contributed by atoms with Crippen LogP contribution in [0.15, 0.2) is 30.3 Å². The number of anilines is 1. The van der Waals surface area contributed by atoms with Crippen molar-refractivity contribution in [1.29, 1.82) is 5.26 Å². The smallest absolute Gasteiger partial charge is 0.246 e. The van der Waals surface area contributed by atoms with Crippen molar-refractivity contribution < 1.29 is 4.79 Å². The quantitative estimate of drug-likeness (QED) is 0.825. The van der Waals surface area contributed by atoms with E-state index in [-0.39, 0.29) is 10.9 Å². The molecule has 0 spiro atoms. The Morgan fingerprint density at radius 2 is 2.00 bits per heavy atom. The predicted molar refractivity (Wildman–Crippen MR) is 70.5 cm³/mol. The number of carbonyl (C=O) groups is 1. The van der Waals surface area contributed by atoms with Gasteiger partial charge in [-0.3, -0.25) is 4.79 Å². The molecule has 0 aliphatic carbocycles. The molecule has 4 nitrogen and oxygen atoms in total. The van der Waals surface area contributed by atoms with Gasteiger partial charge in [-0.25, -0.2) is 0 Å². The summed E-state index contributed by atoms with van der Waals surface area (Å²) in [4.78, 5) is 13.3. The van der Waals surface area contributed by atoms with Crippen LogP contribution in [0.2, 0.25) is 0 Å². The van der Waals surface area contributed by atoms with E-state index >= 15 is 0 Å². The van der Waals surface area contributed by atoms with E-state index in [1.165, 1.54) is 4.90 Å². The van der Waals surface area contributed by atoms with Crippen LogP contribution < -0.4 is 5.32 Å². The average molecular weight is 247 g/mol. The lowest BCUT2D eigenvalue weighted by atomic mass is 10.1. The van der Waals surface area contributed by atoms with Crippen LogP contribution in [0.1, 0.15) is 0 Å². The highest BCUT2D eigenvalue weighted by atomic mass is 32.1. The van der Waals surface area contributed by atoms with Gasteiger partial charge >= 0.3 is 0 Å². The highest BCUT2D eigenvalue weighted by Gasteiger charge is 2.24. The summed E-state index contributed by atoms with van der Waals surface area (Å²) in [6.07, 6.45) is 0. The van der Waals surface area contributed by atoms with E-state index in [9.17, 15) is 4.79 Å². The fraction of sp³-hybridized carbons (Fsp3) is 0.250. The van der Waals surface area contributed by atoms with E-state index in [1.807, 2.05) is 36.4 Å². The normalized spacial score (nSPS) is 11.1. The van der Waals surface area contributed by atoms with Crippen LogP contribution in [0.25, 0.3) is 0 Å². The molecule has 1 unspecified atom stereocenters. The number of amides is 1. The molecule has 17 heavy (non-hydrogen) atoms. The van der Waals surface area contributed by atoms with Gasteiger partial charge in [0.1, 0.15) is 4.99 Å². The van der Waals surface area contributed by atoms with E-state index in [1.54, 1.807) is 14.1 Å². The maximum Gasteiger partial charge on any atom is 0.246 e. The summed E-state index contributed by atoms with van der Waals surface area (Å²) >= 11 is 5.07. The molecule has 1 amide bonds. The van der Waals surface area contributed by atoms with Crippen LogP contribution in [-0.4, -0.2) is 29.9 Å². The third-order valence-electron chi connectivity index (χ3n) is 2.12. The number of rotatable bonds is 3. The standard InChI is InChI=1S/C12H13N3OS/c1-15(2)12(16)10(8-13)11(17)14-9-6-4-3-5-7-9/h3-7,10H,1-2H3,(H,14,17). The Hall–Kier alpha value is -1.93. The first-order valence-corrected chi connectivity index (χ1v) is 5.43. The summed E-state index contributed by atoms with van der Waals surface area (Å²) in [6, 6.07) is 11.1. The Morgan fingerprint density at radius 3 is 2.47 bits per heavy atom. The molecule has 0 aliphatic rings. The highest BCUT2D eigenvalue weighted by Crippen LogP contribution is 2.10. The molecule has 1 aromatic carbocycles. The largest absolute Gasteiger partial charge is 0.348 e. The molecule has 0 heterocycles. The van der Waals surface area contributed by atoms with Crippen LogP contribution in [-0.2, 0) is 4.79 Å². The van der Waals surface area contributed by atoms with Crippen molar-refractivity contribution in [3.05, 3.63) is 30.3 Å². The molecule has 0 saturated heterocycles. The van der Waals surface area contributed by atoms with Crippen molar-refractivity contribution in [2.45, 2.75) is 0 Å². The molecule has 0 bridgehead atoms. The Labute approximate surface area is 106 Å². The van der Waals surface area contributed by atoms with Crippen molar-refractivity contribution in [3.63, 3.8) is 0 Å². The lowest BCUT2D eigenvalue weighted by molar-refractivity contribution is -0.129. The lowest BCUT2D eigenvalue weighted by Crippen LogP contribution is -2.35. The SMILES string of the molecule is CN(C)C(=O)C(C#N)C(=S)Nc1ccccc1. The van der Waals surface area contributed by atoms with E-state index in [0.717, 1.165) is 5.69 Å². The van der Waals surface area contributed by atoms with Gasteiger partial charge in [0, 0.05) is 19.8 Å². The van der Waals surface area contributed by atoms with Crippen LogP contribution in [0.5, 0.6) is 0 Å². The summed E-state index contributed by atoms with van der Waals surface area (Å²) in [5.41, 5.74) is 0.768. The molecule has 1 N–H and O–H groups in total. The third kappa shape index (κ3) is 3.54. The molecular weight excluding hydrogens is 234 g/mol. The number of hydrogen-bond donors (Lipinski definition) is 1. The van der Waals surface area contributed by atoms with Crippen LogP contribution in [0.4, 0.5) is 5.69 Å². The molecule has 5 heteroatoms. The van der Waals surface area contributed by atoms with E-state index in [2.05, 4.69) is 5.32 Å². The number of nitriles is 1. The molecule has 0 fully saturated rings. The second-order valence-corrected chi connectivity index (χ2v) is 4.09. The fourth-order valence-electron chi connectivity index (χ4n) is 1.22. The first-order valence-electron chi connectivity index (χ1n) is 5.03. The topological polar surface area (TPSA) is 56.1 Å². The molecule has 1 aromatic rings. The predicted octanol–water partition coefficient (Wildman–Crippen LogP) is 1.65. The maximum atomic E-state index is 11.7. The monoisotopic (exact) mass is 247 g/mol. The summed E-state index contributed by atoms with van der Waals surface area (Å²) in [7, 11) is 3.19. The number of nitrogens with one attached hydrogen (secondary N) is 1. The zero-order chi connectivity index (χ0) is 12.8. The van der Waals surface area contributed by atoms with Crippen molar-refractivity contribution >= 4 is 28.8 Å². The second-order valence-electron chi connectivity index (χ2n) is 3.65. The Bertz CT molecular complexity index is 451. The van der Waals surface area contributed by atoms with Crippen molar-refractivity contribution in [2.75, 3.05) is 19.4 Å². The molecule has 0 aromatic heterocycles. The van der Waals surface area contributed by atoms with E-state index in [0.29, 0.717) is 0 Å². The van der Waals surface area contributed by atoms with E-state index in [4.69, 9.17) is 17.5 Å². The zero-order valence-electron chi connectivity index (χ0n) is 9.68. The molecule has 88 valence electrons. The summed E-state index contributed by atoms with van der Waals surface area (Å²) < 4.78 is 0. The molecule has 0 saturated carbocycles. The Morgan fingerprint density at radius 1 is 1.41 bits per heavy atom. The minimum absolute atomic E-state index is 0.220. The average Bonchev–Trinajstić information content (AvgIpc) is 2.30. The maximum absolute atomic E-state index is 11.7. The van der Waals surface area contributed by atoms with Crippen molar-refractivity contribution in [2.24, 2.45) is 5.92 Å². The van der Waals surface area contributed by atoms with Gasteiger partial charge in [-0.2, -0.15) is 5.26 Å². The number of carbonyl (C=O) groups excluding carboxylic acids is 1. The highest BCUT2D eigenvalue weighted by molar-refractivity contribution is 7.80. The summed E-state index contributed by atoms with van der Waals surface area (Å²) in [5.74, 6) is -1.26. The summed E-state index contributed by atoms with van der Waals surface area (Å²) in [6.45, 7) is 0. The molecule has 1 rings (SSSR count). The second kappa shape index (κ2) is 5.97. The Balaban J connectivity index is 2.76.